The molecule has 0 saturated carbocycles. The fourth-order valence-corrected chi connectivity index (χ4v) is 3.22. The van der Waals surface area contributed by atoms with Gasteiger partial charge in [-0.05, 0) is 54.7 Å². The van der Waals surface area contributed by atoms with Crippen molar-refractivity contribution in [3.63, 3.8) is 0 Å². The molecule has 0 N–H and O–H groups in total. The summed E-state index contributed by atoms with van der Waals surface area (Å²) in [5.41, 5.74) is 5.17. The van der Waals surface area contributed by atoms with Crippen LogP contribution in [0.4, 0.5) is 0 Å². The highest BCUT2D eigenvalue weighted by atomic mass is 35.7. The minimum Gasteiger partial charge on any atom is -0.207 e. The van der Waals surface area contributed by atoms with Crippen LogP contribution in [0.2, 0.25) is 0 Å². The Kier molecular flexibility index (Phi) is 3.70. The van der Waals surface area contributed by atoms with Gasteiger partial charge in [-0.3, -0.25) is 0 Å². The molecule has 2 aromatic rings. The molecule has 0 bridgehead atoms. The normalized spacial score (nSPS) is 11.6. The molecule has 0 aliphatic rings. The highest BCUT2D eigenvalue weighted by Gasteiger charge is 2.13. The predicted octanol–water partition coefficient (Wildman–Crippen LogP) is 4.21. The molecule has 0 radical (unpaired) electrons. The second-order valence-corrected chi connectivity index (χ2v) is 7.25. The minimum atomic E-state index is -3.68. The molecule has 0 saturated heterocycles. The summed E-state index contributed by atoms with van der Waals surface area (Å²) in [5.74, 6) is 0. The molecule has 2 rings (SSSR count). The molecular formula is C15H15ClO2S. The van der Waals surface area contributed by atoms with E-state index in [1.54, 1.807) is 19.1 Å². The second-order valence-electron chi connectivity index (χ2n) is 4.72. The lowest BCUT2D eigenvalue weighted by molar-refractivity contribution is 0.609. The summed E-state index contributed by atoms with van der Waals surface area (Å²) in [7, 11) is 1.71. The third kappa shape index (κ3) is 2.99. The van der Waals surface area contributed by atoms with Gasteiger partial charge in [-0.2, -0.15) is 0 Å². The smallest absolute Gasteiger partial charge is 0.207 e. The summed E-state index contributed by atoms with van der Waals surface area (Å²) < 4.78 is 22.7. The highest BCUT2D eigenvalue weighted by Crippen LogP contribution is 2.27. The van der Waals surface area contributed by atoms with E-state index in [2.05, 4.69) is 26.0 Å². The van der Waals surface area contributed by atoms with Gasteiger partial charge in [-0.25, -0.2) is 8.42 Å². The Balaban J connectivity index is 2.53. The molecule has 19 heavy (non-hydrogen) atoms. The van der Waals surface area contributed by atoms with E-state index < -0.39 is 9.05 Å². The number of hydrogen-bond donors (Lipinski definition) is 0. The minimum absolute atomic E-state index is 0.168. The van der Waals surface area contributed by atoms with Crippen molar-refractivity contribution >= 4 is 19.7 Å². The summed E-state index contributed by atoms with van der Waals surface area (Å²) in [4.78, 5) is 0.168. The van der Waals surface area contributed by atoms with E-state index in [4.69, 9.17) is 10.7 Å². The molecule has 0 heterocycles. The number of hydrogen-bond acceptors (Lipinski definition) is 2. The van der Waals surface area contributed by atoms with E-state index in [1.165, 1.54) is 11.1 Å². The molecule has 0 atom stereocenters. The van der Waals surface area contributed by atoms with Crippen LogP contribution in [-0.2, 0) is 9.05 Å². The molecule has 0 fully saturated rings. The molecule has 0 unspecified atom stereocenters. The number of rotatable bonds is 2. The van der Waals surface area contributed by atoms with Gasteiger partial charge in [-0.15, -0.1) is 0 Å². The van der Waals surface area contributed by atoms with E-state index in [9.17, 15) is 8.42 Å². The lowest BCUT2D eigenvalue weighted by Gasteiger charge is -2.08. The average Bonchev–Trinajstić information content (AvgIpc) is 2.31. The zero-order valence-corrected chi connectivity index (χ0v) is 12.6. The summed E-state index contributed by atoms with van der Waals surface area (Å²) in [5, 5.41) is 0. The quantitative estimate of drug-likeness (QED) is 0.778. The van der Waals surface area contributed by atoms with E-state index in [0.717, 1.165) is 11.1 Å². The Labute approximate surface area is 118 Å². The van der Waals surface area contributed by atoms with E-state index in [-0.39, 0.29) is 4.90 Å². The van der Waals surface area contributed by atoms with Crippen molar-refractivity contribution in [3.05, 3.63) is 53.1 Å². The average molecular weight is 295 g/mol. The Morgan fingerprint density at radius 3 is 1.79 bits per heavy atom. The molecule has 0 aromatic heterocycles. The first kappa shape index (κ1) is 14.1. The maximum absolute atomic E-state index is 11.4. The van der Waals surface area contributed by atoms with Crippen LogP contribution in [0.25, 0.3) is 11.1 Å². The van der Waals surface area contributed by atoms with Crippen molar-refractivity contribution in [2.75, 3.05) is 0 Å². The van der Waals surface area contributed by atoms with Gasteiger partial charge in [0.1, 0.15) is 0 Å². The largest absolute Gasteiger partial charge is 0.261 e. The van der Waals surface area contributed by atoms with Gasteiger partial charge in [-0.1, -0.05) is 30.3 Å². The topological polar surface area (TPSA) is 34.1 Å². The molecule has 2 nitrogen and oxygen atoms in total. The van der Waals surface area contributed by atoms with Gasteiger partial charge in [0, 0.05) is 10.7 Å². The van der Waals surface area contributed by atoms with Gasteiger partial charge >= 0.3 is 0 Å². The summed E-state index contributed by atoms with van der Waals surface area (Å²) in [6, 6.07) is 11.4. The predicted molar refractivity (Wildman–Crippen MR) is 79.1 cm³/mol. The second kappa shape index (κ2) is 4.99. The third-order valence-corrected chi connectivity index (χ3v) is 4.76. The maximum Gasteiger partial charge on any atom is 0.261 e. The van der Waals surface area contributed by atoms with Gasteiger partial charge in [0.2, 0.25) is 0 Å². The van der Waals surface area contributed by atoms with Crippen molar-refractivity contribution < 1.29 is 8.42 Å². The summed E-state index contributed by atoms with van der Waals surface area (Å²) >= 11 is 0. The van der Waals surface area contributed by atoms with Crippen LogP contribution in [0.15, 0.2) is 41.3 Å². The van der Waals surface area contributed by atoms with Crippen molar-refractivity contribution in [1.29, 1.82) is 0 Å². The lowest BCUT2D eigenvalue weighted by Crippen LogP contribution is -1.95. The van der Waals surface area contributed by atoms with Crippen LogP contribution in [0.1, 0.15) is 16.7 Å². The number of halogens is 1. The Hall–Kier alpha value is -1.32. The Morgan fingerprint density at radius 2 is 1.32 bits per heavy atom. The monoisotopic (exact) mass is 294 g/mol. The first-order valence-electron chi connectivity index (χ1n) is 5.92. The third-order valence-electron chi connectivity index (χ3n) is 3.28. The molecule has 0 amide bonds. The van der Waals surface area contributed by atoms with Crippen LogP contribution in [0.3, 0.4) is 0 Å². The van der Waals surface area contributed by atoms with E-state index in [1.807, 2.05) is 12.1 Å². The molecule has 100 valence electrons. The molecular weight excluding hydrogens is 280 g/mol. The molecule has 0 aliphatic heterocycles. The number of aryl methyl sites for hydroxylation is 3. The van der Waals surface area contributed by atoms with Gasteiger partial charge in [0.05, 0.1) is 4.90 Å². The Morgan fingerprint density at radius 1 is 0.789 bits per heavy atom. The van der Waals surface area contributed by atoms with Gasteiger partial charge in [0.15, 0.2) is 0 Å². The SMILES string of the molecule is Cc1ccc(-c2ccc(S(=O)(=O)Cl)c(C)c2)cc1C. The number of benzene rings is 2. The van der Waals surface area contributed by atoms with Crippen LogP contribution >= 0.6 is 10.7 Å². The van der Waals surface area contributed by atoms with E-state index >= 15 is 0 Å². The van der Waals surface area contributed by atoms with Gasteiger partial charge < -0.3 is 0 Å². The van der Waals surface area contributed by atoms with Crippen molar-refractivity contribution in [1.82, 2.24) is 0 Å². The van der Waals surface area contributed by atoms with Crippen LogP contribution in [-0.4, -0.2) is 8.42 Å². The summed E-state index contributed by atoms with van der Waals surface area (Å²) in [6.07, 6.45) is 0. The van der Waals surface area contributed by atoms with Crippen LogP contribution in [0, 0.1) is 20.8 Å². The molecule has 2 aromatic carbocycles. The first-order valence-corrected chi connectivity index (χ1v) is 8.23. The fourth-order valence-electron chi connectivity index (χ4n) is 2.02. The maximum atomic E-state index is 11.4. The lowest BCUT2D eigenvalue weighted by atomic mass is 9.99. The summed E-state index contributed by atoms with van der Waals surface area (Å²) in [6.45, 7) is 5.87. The highest BCUT2D eigenvalue weighted by molar-refractivity contribution is 8.13. The van der Waals surface area contributed by atoms with Gasteiger partial charge in [0.25, 0.3) is 9.05 Å². The van der Waals surface area contributed by atoms with Crippen molar-refractivity contribution in [2.24, 2.45) is 0 Å². The molecule has 0 spiro atoms. The van der Waals surface area contributed by atoms with E-state index in [0.29, 0.717) is 5.56 Å². The van der Waals surface area contributed by atoms with Crippen molar-refractivity contribution in [2.45, 2.75) is 25.7 Å². The Bertz CT molecular complexity index is 734. The standard InChI is InChI=1S/C15H15ClO2S/c1-10-4-5-13(8-11(10)2)14-6-7-15(12(3)9-14)19(16,17)18/h4-9H,1-3H3. The molecule has 0 aliphatic carbocycles. The zero-order chi connectivity index (χ0) is 14.2. The fraction of sp³-hybridized carbons (Fsp3) is 0.200. The van der Waals surface area contributed by atoms with Crippen LogP contribution < -0.4 is 0 Å². The first-order chi connectivity index (χ1) is 8.79. The van der Waals surface area contributed by atoms with Crippen LogP contribution in [0.5, 0.6) is 0 Å². The van der Waals surface area contributed by atoms with Crippen molar-refractivity contribution in [3.8, 4) is 11.1 Å². The molecule has 4 heteroatoms. The zero-order valence-electron chi connectivity index (χ0n) is 11.1.